The van der Waals surface area contributed by atoms with Crippen LogP contribution in [0.15, 0.2) is 30.3 Å². The van der Waals surface area contributed by atoms with E-state index in [4.69, 9.17) is 10.8 Å². The molecule has 1 heterocycles. The lowest BCUT2D eigenvalue weighted by atomic mass is 10.0. The van der Waals surface area contributed by atoms with Crippen molar-refractivity contribution in [2.75, 3.05) is 6.61 Å². The number of rotatable bonds is 2. The van der Waals surface area contributed by atoms with Crippen molar-refractivity contribution >= 4 is 10.9 Å². The predicted octanol–water partition coefficient (Wildman–Crippen LogP) is 1.54. The van der Waals surface area contributed by atoms with Gasteiger partial charge in [0.2, 0.25) is 0 Å². The highest BCUT2D eigenvalue weighted by atomic mass is 16.3. The number of nitrogens with two attached hydrogens (primary N) is 1. The maximum absolute atomic E-state index is 9.09. The Morgan fingerprint density at radius 2 is 2.13 bits per heavy atom. The molecule has 15 heavy (non-hydrogen) atoms. The van der Waals surface area contributed by atoms with Crippen LogP contribution in [0.5, 0.6) is 0 Å². The van der Waals surface area contributed by atoms with E-state index in [0.29, 0.717) is 0 Å². The van der Waals surface area contributed by atoms with Crippen molar-refractivity contribution in [3.63, 3.8) is 0 Å². The number of aliphatic hydroxyl groups excluding tert-OH is 1. The summed E-state index contributed by atoms with van der Waals surface area (Å²) in [4.78, 5) is 4.42. The minimum absolute atomic E-state index is 0.0482. The third-order valence-electron chi connectivity index (χ3n) is 2.47. The monoisotopic (exact) mass is 202 g/mol. The third-order valence-corrected chi connectivity index (χ3v) is 2.47. The molecule has 0 bridgehead atoms. The topological polar surface area (TPSA) is 59.1 Å². The van der Waals surface area contributed by atoms with E-state index in [1.165, 1.54) is 0 Å². The lowest BCUT2D eigenvalue weighted by molar-refractivity contribution is 0.268. The minimum atomic E-state index is -0.336. The SMILES string of the molecule is Cc1cc([C@H](N)CO)c2ccccc2n1. The Morgan fingerprint density at radius 3 is 2.87 bits per heavy atom. The summed E-state index contributed by atoms with van der Waals surface area (Å²) in [5.41, 5.74) is 8.66. The van der Waals surface area contributed by atoms with Gasteiger partial charge in [-0.2, -0.15) is 0 Å². The number of aromatic nitrogens is 1. The van der Waals surface area contributed by atoms with Crippen molar-refractivity contribution in [2.24, 2.45) is 5.73 Å². The van der Waals surface area contributed by atoms with Crippen molar-refractivity contribution in [2.45, 2.75) is 13.0 Å². The van der Waals surface area contributed by atoms with Crippen LogP contribution in [0.25, 0.3) is 10.9 Å². The van der Waals surface area contributed by atoms with Gasteiger partial charge < -0.3 is 10.8 Å². The van der Waals surface area contributed by atoms with Gasteiger partial charge in [0, 0.05) is 11.1 Å². The summed E-state index contributed by atoms with van der Waals surface area (Å²) in [5, 5.41) is 10.1. The number of aliphatic hydroxyl groups is 1. The van der Waals surface area contributed by atoms with Crippen molar-refractivity contribution in [3.05, 3.63) is 41.6 Å². The first kappa shape index (κ1) is 10.1. The van der Waals surface area contributed by atoms with Gasteiger partial charge in [-0.1, -0.05) is 18.2 Å². The smallest absolute Gasteiger partial charge is 0.0708 e. The highest BCUT2D eigenvalue weighted by Gasteiger charge is 2.09. The van der Waals surface area contributed by atoms with E-state index >= 15 is 0 Å². The van der Waals surface area contributed by atoms with E-state index in [1.54, 1.807) is 0 Å². The largest absolute Gasteiger partial charge is 0.394 e. The number of hydrogen-bond donors (Lipinski definition) is 2. The summed E-state index contributed by atoms with van der Waals surface area (Å²) < 4.78 is 0. The van der Waals surface area contributed by atoms with Crippen LogP contribution in [0, 0.1) is 6.92 Å². The van der Waals surface area contributed by atoms with Gasteiger partial charge in [-0.25, -0.2) is 0 Å². The molecule has 0 saturated carbocycles. The highest BCUT2D eigenvalue weighted by Crippen LogP contribution is 2.22. The quantitative estimate of drug-likeness (QED) is 0.776. The third kappa shape index (κ3) is 1.84. The first-order chi connectivity index (χ1) is 7.22. The fourth-order valence-electron chi connectivity index (χ4n) is 1.75. The number of nitrogens with zero attached hydrogens (tertiary/aromatic N) is 1. The average molecular weight is 202 g/mol. The molecular weight excluding hydrogens is 188 g/mol. The zero-order valence-electron chi connectivity index (χ0n) is 8.64. The van der Waals surface area contributed by atoms with Crippen molar-refractivity contribution in [1.29, 1.82) is 0 Å². The van der Waals surface area contributed by atoms with Crippen LogP contribution < -0.4 is 5.73 Å². The average Bonchev–Trinajstić information content (AvgIpc) is 2.26. The lowest BCUT2D eigenvalue weighted by Crippen LogP contribution is -2.15. The Morgan fingerprint density at radius 1 is 1.40 bits per heavy atom. The number of para-hydroxylation sites is 1. The van der Waals surface area contributed by atoms with Crippen LogP contribution in [0.2, 0.25) is 0 Å². The molecule has 2 rings (SSSR count). The van der Waals surface area contributed by atoms with Gasteiger partial charge in [-0.05, 0) is 24.6 Å². The molecule has 3 nitrogen and oxygen atoms in total. The fraction of sp³-hybridized carbons (Fsp3) is 0.250. The molecule has 0 fully saturated rings. The van der Waals surface area contributed by atoms with Crippen LogP contribution in [-0.4, -0.2) is 16.7 Å². The molecule has 3 N–H and O–H groups in total. The number of pyridine rings is 1. The lowest BCUT2D eigenvalue weighted by Gasteiger charge is -2.12. The molecular formula is C12H14N2O. The first-order valence-corrected chi connectivity index (χ1v) is 4.95. The zero-order valence-corrected chi connectivity index (χ0v) is 8.64. The van der Waals surface area contributed by atoms with E-state index in [2.05, 4.69) is 4.98 Å². The Labute approximate surface area is 88.6 Å². The second kappa shape index (κ2) is 3.96. The van der Waals surface area contributed by atoms with Crippen LogP contribution in [-0.2, 0) is 0 Å². The van der Waals surface area contributed by atoms with Crippen LogP contribution in [0.1, 0.15) is 17.3 Å². The van der Waals surface area contributed by atoms with E-state index < -0.39 is 0 Å². The van der Waals surface area contributed by atoms with E-state index in [9.17, 15) is 0 Å². The highest BCUT2D eigenvalue weighted by molar-refractivity contribution is 5.82. The first-order valence-electron chi connectivity index (χ1n) is 4.95. The van der Waals surface area contributed by atoms with Gasteiger partial charge >= 0.3 is 0 Å². The van der Waals surface area contributed by atoms with Crippen molar-refractivity contribution in [1.82, 2.24) is 4.98 Å². The van der Waals surface area contributed by atoms with E-state index in [0.717, 1.165) is 22.2 Å². The van der Waals surface area contributed by atoms with Gasteiger partial charge in [-0.15, -0.1) is 0 Å². The second-order valence-corrected chi connectivity index (χ2v) is 3.66. The molecule has 0 aliphatic heterocycles. The van der Waals surface area contributed by atoms with Gasteiger partial charge in [0.25, 0.3) is 0 Å². The molecule has 1 aromatic heterocycles. The maximum Gasteiger partial charge on any atom is 0.0708 e. The predicted molar refractivity (Wildman–Crippen MR) is 60.5 cm³/mol. The van der Waals surface area contributed by atoms with Crippen molar-refractivity contribution in [3.8, 4) is 0 Å². The molecule has 3 heteroatoms. The summed E-state index contributed by atoms with van der Waals surface area (Å²) in [6.45, 7) is 1.88. The van der Waals surface area contributed by atoms with E-state index in [-0.39, 0.29) is 12.6 Å². The van der Waals surface area contributed by atoms with E-state index in [1.807, 2.05) is 37.3 Å². The molecule has 0 aliphatic carbocycles. The summed E-state index contributed by atoms with van der Waals surface area (Å²) in [6, 6.07) is 9.43. The molecule has 0 amide bonds. The normalized spacial score (nSPS) is 13.0. The molecule has 0 spiro atoms. The van der Waals surface area contributed by atoms with Crippen LogP contribution >= 0.6 is 0 Å². The molecule has 0 aliphatic rings. The Balaban J connectivity index is 2.71. The van der Waals surface area contributed by atoms with Crippen LogP contribution in [0.3, 0.4) is 0 Å². The summed E-state index contributed by atoms with van der Waals surface area (Å²) in [7, 11) is 0. The molecule has 1 aromatic carbocycles. The summed E-state index contributed by atoms with van der Waals surface area (Å²) in [6.07, 6.45) is 0. The Bertz CT molecular complexity index is 482. The number of fused-ring (bicyclic) bond motifs is 1. The van der Waals surface area contributed by atoms with Crippen LogP contribution in [0.4, 0.5) is 0 Å². The van der Waals surface area contributed by atoms with Gasteiger partial charge in [-0.3, -0.25) is 4.98 Å². The number of aryl methyl sites for hydroxylation is 1. The standard InChI is InChI=1S/C12H14N2O/c1-8-6-10(11(13)7-15)9-4-2-3-5-12(9)14-8/h2-6,11,15H,7,13H2,1H3/t11-/m1/s1. The molecule has 1 atom stereocenters. The number of benzene rings is 1. The molecule has 2 aromatic rings. The summed E-state index contributed by atoms with van der Waals surface area (Å²) in [5.74, 6) is 0. The molecule has 78 valence electrons. The minimum Gasteiger partial charge on any atom is -0.394 e. The fourth-order valence-corrected chi connectivity index (χ4v) is 1.75. The van der Waals surface area contributed by atoms with Gasteiger partial charge in [0.1, 0.15) is 0 Å². The Hall–Kier alpha value is -1.45. The second-order valence-electron chi connectivity index (χ2n) is 3.66. The molecule has 0 saturated heterocycles. The summed E-state index contributed by atoms with van der Waals surface area (Å²) >= 11 is 0. The number of hydrogen-bond acceptors (Lipinski definition) is 3. The van der Waals surface area contributed by atoms with Gasteiger partial charge in [0.05, 0.1) is 18.2 Å². The van der Waals surface area contributed by atoms with Crippen molar-refractivity contribution < 1.29 is 5.11 Å². The van der Waals surface area contributed by atoms with Gasteiger partial charge in [0.15, 0.2) is 0 Å². The maximum atomic E-state index is 9.09. The zero-order chi connectivity index (χ0) is 10.8. The molecule has 0 unspecified atom stereocenters. The molecule has 0 radical (unpaired) electrons. The Kier molecular flexibility index (Phi) is 2.66.